The number of carbonyl (C=O) groups is 1. The standard InChI is InChI=1S/C34H34F2N2O5.Na/c1-20(2)38-29(16-15-25(39)17-26(40)18-30(41)42)31(22-9-13-24(36)14-10-22)32-27-5-3-4-6-28(27)37(34(43)33(32)38)19-21-7-11-23(35)12-8-21;/h3-14,20,25-26,39-40H,15-19H2,1-2H3,(H,41,42);/q;+1/p-1/t25-,26-;/m1./s1. The molecule has 0 fully saturated rings. The number of nitrogens with zero attached hydrogens (tertiary/aromatic N) is 2. The molecular weight excluding hydrogens is 577 g/mol. The van der Waals surface area contributed by atoms with Crippen LogP contribution < -0.4 is 40.2 Å². The minimum Gasteiger partial charge on any atom is -0.550 e. The number of carboxylic acid groups (broad SMARTS) is 1. The zero-order valence-electron chi connectivity index (χ0n) is 25.0. The van der Waals surface area contributed by atoms with Crippen molar-refractivity contribution in [2.24, 2.45) is 0 Å². The van der Waals surface area contributed by atoms with E-state index >= 15 is 0 Å². The number of hydrogen-bond acceptors (Lipinski definition) is 5. The maximum absolute atomic E-state index is 14.4. The van der Waals surface area contributed by atoms with Crippen LogP contribution >= 0.6 is 0 Å². The van der Waals surface area contributed by atoms with Crippen molar-refractivity contribution in [3.63, 3.8) is 0 Å². The maximum Gasteiger partial charge on any atom is 1.00 e. The fourth-order valence-electron chi connectivity index (χ4n) is 5.95. The first kappa shape index (κ1) is 33.6. The van der Waals surface area contributed by atoms with E-state index in [9.17, 15) is 33.7 Å². The third-order valence-corrected chi connectivity index (χ3v) is 7.78. The molecule has 0 bridgehead atoms. The monoisotopic (exact) mass is 610 g/mol. The number of rotatable bonds is 11. The van der Waals surface area contributed by atoms with E-state index in [1.54, 1.807) is 28.8 Å². The topological polar surface area (TPSA) is 108 Å². The van der Waals surface area contributed by atoms with Crippen molar-refractivity contribution in [2.75, 3.05) is 0 Å². The summed E-state index contributed by atoms with van der Waals surface area (Å²) in [7, 11) is 0. The zero-order valence-corrected chi connectivity index (χ0v) is 27.0. The number of aliphatic carboxylic acids is 1. The molecule has 0 spiro atoms. The number of aromatic nitrogens is 2. The van der Waals surface area contributed by atoms with Crippen LogP contribution in [0.2, 0.25) is 0 Å². The summed E-state index contributed by atoms with van der Waals surface area (Å²) in [5.41, 5.74) is 3.86. The average Bonchev–Trinajstić information content (AvgIpc) is 3.31. The van der Waals surface area contributed by atoms with E-state index in [4.69, 9.17) is 0 Å². The van der Waals surface area contributed by atoms with Crippen LogP contribution in [0, 0.1) is 11.6 Å². The second-order valence-electron chi connectivity index (χ2n) is 11.2. The third kappa shape index (κ3) is 6.98. The molecule has 2 heterocycles. The molecule has 224 valence electrons. The summed E-state index contributed by atoms with van der Waals surface area (Å²) >= 11 is 0. The van der Waals surface area contributed by atoms with Gasteiger partial charge in [-0.2, -0.15) is 0 Å². The Labute approximate surface area is 275 Å². The van der Waals surface area contributed by atoms with Gasteiger partial charge in [0, 0.05) is 40.5 Å². The molecule has 0 saturated carbocycles. The Hall–Kier alpha value is -3.34. The van der Waals surface area contributed by atoms with Gasteiger partial charge in [-0.1, -0.05) is 42.5 Å². The van der Waals surface area contributed by atoms with Gasteiger partial charge in [-0.05, 0) is 74.6 Å². The van der Waals surface area contributed by atoms with Crippen LogP contribution in [0.15, 0.2) is 77.6 Å². The first-order valence-corrected chi connectivity index (χ1v) is 14.3. The molecular formula is C34H33F2N2NaO5. The Bertz CT molecular complexity index is 1830. The molecule has 7 nitrogen and oxygen atoms in total. The van der Waals surface area contributed by atoms with Gasteiger partial charge >= 0.3 is 29.6 Å². The molecule has 0 amide bonds. The summed E-state index contributed by atoms with van der Waals surface area (Å²) < 4.78 is 31.3. The van der Waals surface area contributed by atoms with Crippen LogP contribution in [0.1, 0.15) is 50.4 Å². The van der Waals surface area contributed by atoms with E-state index in [0.29, 0.717) is 28.4 Å². The molecule has 5 rings (SSSR count). The number of aliphatic hydroxyl groups excluding tert-OH is 2. The van der Waals surface area contributed by atoms with Gasteiger partial charge < -0.3 is 29.2 Å². The number of halogens is 2. The van der Waals surface area contributed by atoms with Crippen molar-refractivity contribution in [3.05, 3.63) is 106 Å². The smallest absolute Gasteiger partial charge is 0.550 e. The Balaban J connectivity index is 0.00000442. The molecule has 10 heteroatoms. The Kier molecular flexibility index (Phi) is 10.8. The second kappa shape index (κ2) is 14.2. The van der Waals surface area contributed by atoms with E-state index in [2.05, 4.69) is 0 Å². The third-order valence-electron chi connectivity index (χ3n) is 7.78. The van der Waals surface area contributed by atoms with Crippen LogP contribution in [-0.4, -0.2) is 37.5 Å². The number of para-hydroxylation sites is 1. The normalized spacial score (nSPS) is 12.9. The van der Waals surface area contributed by atoms with E-state index < -0.39 is 30.4 Å². The number of pyridine rings is 1. The van der Waals surface area contributed by atoms with Crippen molar-refractivity contribution in [1.82, 2.24) is 9.13 Å². The molecule has 3 aromatic carbocycles. The zero-order chi connectivity index (χ0) is 30.8. The Morgan fingerprint density at radius 3 is 2.14 bits per heavy atom. The number of carboxylic acids is 1. The molecule has 0 aliphatic carbocycles. The molecule has 0 aliphatic heterocycles. The minimum atomic E-state index is -1.40. The van der Waals surface area contributed by atoms with E-state index in [1.165, 1.54) is 24.3 Å². The Morgan fingerprint density at radius 2 is 1.52 bits per heavy atom. The van der Waals surface area contributed by atoms with E-state index in [-0.39, 0.29) is 66.4 Å². The van der Waals surface area contributed by atoms with Crippen LogP contribution in [0.25, 0.3) is 32.9 Å². The van der Waals surface area contributed by atoms with Crippen molar-refractivity contribution < 1.29 is 58.5 Å². The fourth-order valence-corrected chi connectivity index (χ4v) is 5.95. The van der Waals surface area contributed by atoms with Gasteiger partial charge in [0.25, 0.3) is 5.56 Å². The summed E-state index contributed by atoms with van der Waals surface area (Å²) in [6.45, 7) is 4.13. The number of carbonyl (C=O) groups excluding carboxylic acids is 1. The average molecular weight is 611 g/mol. The quantitative estimate of drug-likeness (QED) is 0.222. The van der Waals surface area contributed by atoms with Crippen molar-refractivity contribution >= 4 is 27.8 Å². The van der Waals surface area contributed by atoms with Crippen molar-refractivity contribution in [2.45, 2.75) is 64.3 Å². The van der Waals surface area contributed by atoms with Gasteiger partial charge in [0.15, 0.2) is 0 Å². The molecule has 0 radical (unpaired) electrons. The summed E-state index contributed by atoms with van der Waals surface area (Å²) in [4.78, 5) is 25.3. The van der Waals surface area contributed by atoms with E-state index in [1.807, 2.05) is 42.7 Å². The van der Waals surface area contributed by atoms with Crippen LogP contribution in [0.3, 0.4) is 0 Å². The summed E-state index contributed by atoms with van der Waals surface area (Å²) in [5.74, 6) is -2.17. The van der Waals surface area contributed by atoms with Crippen LogP contribution in [0.5, 0.6) is 0 Å². The van der Waals surface area contributed by atoms with Gasteiger partial charge in [-0.3, -0.25) is 4.79 Å². The minimum absolute atomic E-state index is 0. The molecule has 2 N–H and O–H groups in total. The molecule has 44 heavy (non-hydrogen) atoms. The van der Waals surface area contributed by atoms with Crippen LogP contribution in [0.4, 0.5) is 8.78 Å². The molecule has 0 aliphatic rings. The second-order valence-corrected chi connectivity index (χ2v) is 11.2. The van der Waals surface area contributed by atoms with Crippen molar-refractivity contribution in [1.29, 1.82) is 0 Å². The predicted molar refractivity (Wildman–Crippen MR) is 160 cm³/mol. The summed E-state index contributed by atoms with van der Waals surface area (Å²) in [6, 6.07) is 19.4. The number of benzene rings is 3. The first-order valence-electron chi connectivity index (χ1n) is 14.3. The maximum atomic E-state index is 14.4. The number of hydrogen-bond donors (Lipinski definition) is 2. The fraction of sp³-hybridized carbons (Fsp3) is 0.294. The molecule has 0 unspecified atom stereocenters. The molecule has 2 atom stereocenters. The van der Waals surface area contributed by atoms with Crippen LogP contribution in [-0.2, 0) is 17.8 Å². The van der Waals surface area contributed by atoms with Gasteiger partial charge in [0.1, 0.15) is 17.2 Å². The summed E-state index contributed by atoms with van der Waals surface area (Å²) in [5, 5.41) is 33.2. The largest absolute Gasteiger partial charge is 1.00 e. The number of fused-ring (bicyclic) bond motifs is 3. The SMILES string of the molecule is CC(C)n1c(CC[C@@H](O)C[C@@H](O)CC(=O)[O-])c(-c2ccc(F)cc2)c2c3ccccc3n(Cc3ccc(F)cc3)c(=O)c21.[Na+]. The first-order chi connectivity index (χ1) is 20.5. The van der Waals surface area contributed by atoms with Gasteiger partial charge in [-0.25, -0.2) is 8.78 Å². The summed E-state index contributed by atoms with van der Waals surface area (Å²) in [6.07, 6.45) is -2.51. The van der Waals surface area contributed by atoms with Gasteiger partial charge in [-0.15, -0.1) is 0 Å². The van der Waals surface area contributed by atoms with Gasteiger partial charge in [0.05, 0.1) is 24.3 Å². The predicted octanol–water partition coefficient (Wildman–Crippen LogP) is 1.72. The van der Waals surface area contributed by atoms with Gasteiger partial charge in [0.2, 0.25) is 0 Å². The van der Waals surface area contributed by atoms with E-state index in [0.717, 1.165) is 22.2 Å². The molecule has 0 saturated heterocycles. The Morgan fingerprint density at radius 1 is 0.909 bits per heavy atom. The number of aliphatic hydroxyl groups is 2. The molecule has 5 aromatic rings. The van der Waals surface area contributed by atoms with Crippen molar-refractivity contribution in [3.8, 4) is 11.1 Å². The molecule has 2 aromatic heterocycles.